The van der Waals surface area contributed by atoms with Crippen LogP contribution in [0.1, 0.15) is 46.0 Å². The van der Waals surface area contributed by atoms with Crippen LogP contribution in [0.15, 0.2) is 11.6 Å². The van der Waals surface area contributed by atoms with Gasteiger partial charge in [-0.05, 0) is 46.0 Å². The third-order valence-corrected chi connectivity index (χ3v) is 3.26. The van der Waals surface area contributed by atoms with E-state index in [0.29, 0.717) is 0 Å². The van der Waals surface area contributed by atoms with E-state index in [9.17, 15) is 0 Å². The Kier molecular flexibility index (Phi) is 2.46. The van der Waals surface area contributed by atoms with E-state index >= 15 is 0 Å². The Morgan fingerprint density at radius 3 is 2.77 bits per heavy atom. The molecular weight excluding hydrogens is 160 g/mol. The third-order valence-electron chi connectivity index (χ3n) is 3.26. The van der Waals surface area contributed by atoms with Crippen molar-refractivity contribution in [2.24, 2.45) is 5.92 Å². The molecule has 13 heavy (non-hydrogen) atoms. The summed E-state index contributed by atoms with van der Waals surface area (Å²) in [6, 6.07) is 0. The molecule has 0 aromatic heterocycles. The number of hydrogen-bond donors (Lipinski definition) is 0. The molecule has 2 aliphatic rings. The van der Waals surface area contributed by atoms with Gasteiger partial charge in [-0.15, -0.1) is 0 Å². The van der Waals surface area contributed by atoms with E-state index in [2.05, 4.69) is 19.9 Å². The van der Waals surface area contributed by atoms with Crippen molar-refractivity contribution >= 4 is 0 Å². The van der Waals surface area contributed by atoms with E-state index in [1.54, 1.807) is 5.57 Å². The van der Waals surface area contributed by atoms with Crippen LogP contribution in [0.4, 0.5) is 0 Å². The van der Waals surface area contributed by atoms with Crippen molar-refractivity contribution in [1.29, 1.82) is 0 Å². The van der Waals surface area contributed by atoms with Crippen molar-refractivity contribution in [2.45, 2.75) is 51.6 Å². The zero-order valence-corrected chi connectivity index (χ0v) is 8.81. The molecule has 0 spiro atoms. The Bertz CT molecular complexity index is 215. The molecule has 0 N–H and O–H groups in total. The monoisotopic (exact) mass is 180 g/mol. The number of ether oxygens (including phenoxy) is 1. The van der Waals surface area contributed by atoms with E-state index in [1.807, 2.05) is 0 Å². The Hall–Kier alpha value is -0.300. The molecule has 1 heteroatoms. The Morgan fingerprint density at radius 1 is 1.38 bits per heavy atom. The van der Waals surface area contributed by atoms with Gasteiger partial charge in [0.1, 0.15) is 0 Å². The summed E-state index contributed by atoms with van der Waals surface area (Å²) in [5.74, 6) is 0.732. The summed E-state index contributed by atoms with van der Waals surface area (Å²) in [4.78, 5) is 0. The molecule has 2 rings (SSSR count). The average Bonchev–Trinajstić information content (AvgIpc) is 2.48. The maximum absolute atomic E-state index is 5.77. The predicted molar refractivity (Wildman–Crippen MR) is 54.7 cm³/mol. The first kappa shape index (κ1) is 9.26. The van der Waals surface area contributed by atoms with Gasteiger partial charge in [0.15, 0.2) is 0 Å². The molecule has 1 aliphatic carbocycles. The topological polar surface area (TPSA) is 9.23 Å². The van der Waals surface area contributed by atoms with Gasteiger partial charge in [-0.3, -0.25) is 0 Å². The second kappa shape index (κ2) is 3.45. The molecular formula is C12H20O. The molecule has 0 aromatic rings. The summed E-state index contributed by atoms with van der Waals surface area (Å²) in [6.45, 7) is 5.37. The highest BCUT2D eigenvalue weighted by molar-refractivity contribution is 5.12. The van der Waals surface area contributed by atoms with Crippen LogP contribution < -0.4 is 0 Å². The van der Waals surface area contributed by atoms with Crippen LogP contribution in [0.25, 0.3) is 0 Å². The van der Waals surface area contributed by atoms with Crippen LogP contribution in [-0.4, -0.2) is 12.2 Å². The molecule has 1 nitrogen and oxygen atoms in total. The summed E-state index contributed by atoms with van der Waals surface area (Å²) >= 11 is 0. The Morgan fingerprint density at radius 2 is 2.23 bits per heavy atom. The molecule has 0 radical (unpaired) electrons. The largest absolute Gasteiger partial charge is 0.375 e. The lowest BCUT2D eigenvalue weighted by atomic mass is 9.85. The zero-order chi connectivity index (χ0) is 9.31. The van der Waals surface area contributed by atoms with Crippen LogP contribution >= 0.6 is 0 Å². The summed E-state index contributed by atoms with van der Waals surface area (Å²) in [7, 11) is 0. The van der Waals surface area contributed by atoms with Gasteiger partial charge in [0.25, 0.3) is 0 Å². The van der Waals surface area contributed by atoms with Crippen LogP contribution in [0.3, 0.4) is 0 Å². The fraction of sp³-hybridized carbons (Fsp3) is 0.833. The zero-order valence-electron chi connectivity index (χ0n) is 8.81. The predicted octanol–water partition coefficient (Wildman–Crippen LogP) is 3.30. The summed E-state index contributed by atoms with van der Waals surface area (Å²) in [5.41, 5.74) is 1.81. The molecule has 1 fully saturated rings. The molecule has 0 amide bonds. The standard InChI is InChI=1S/C12H20O/c1-12(2)8-11(9-13-12)10-6-4-3-5-7-10/h6,11H,3-5,7-9H2,1-2H3. The lowest BCUT2D eigenvalue weighted by Crippen LogP contribution is -2.17. The van der Waals surface area contributed by atoms with Gasteiger partial charge in [-0.25, -0.2) is 0 Å². The van der Waals surface area contributed by atoms with Crippen molar-refractivity contribution in [2.75, 3.05) is 6.61 Å². The average molecular weight is 180 g/mol. The Labute approximate surface area is 81.2 Å². The lowest BCUT2D eigenvalue weighted by Gasteiger charge is -2.19. The summed E-state index contributed by atoms with van der Waals surface area (Å²) in [5, 5.41) is 0. The first-order valence-corrected chi connectivity index (χ1v) is 5.50. The number of allylic oxidation sites excluding steroid dienone is 1. The van der Waals surface area contributed by atoms with Crippen molar-refractivity contribution in [3.8, 4) is 0 Å². The molecule has 1 atom stereocenters. The van der Waals surface area contributed by atoms with Crippen LogP contribution in [0, 0.1) is 5.92 Å². The maximum Gasteiger partial charge on any atom is 0.0633 e. The van der Waals surface area contributed by atoms with Crippen molar-refractivity contribution in [1.82, 2.24) is 0 Å². The van der Waals surface area contributed by atoms with E-state index in [0.717, 1.165) is 12.5 Å². The highest BCUT2D eigenvalue weighted by atomic mass is 16.5. The molecule has 1 unspecified atom stereocenters. The molecule has 0 aromatic carbocycles. The first-order valence-electron chi connectivity index (χ1n) is 5.50. The molecule has 1 aliphatic heterocycles. The highest BCUT2D eigenvalue weighted by Gasteiger charge is 2.33. The molecule has 0 bridgehead atoms. The molecule has 0 saturated carbocycles. The van der Waals surface area contributed by atoms with Gasteiger partial charge in [-0.1, -0.05) is 11.6 Å². The molecule has 1 saturated heterocycles. The van der Waals surface area contributed by atoms with E-state index in [1.165, 1.54) is 32.1 Å². The third kappa shape index (κ3) is 2.14. The first-order chi connectivity index (χ1) is 6.17. The highest BCUT2D eigenvalue weighted by Crippen LogP contribution is 2.36. The minimum Gasteiger partial charge on any atom is -0.375 e. The second-order valence-electron chi connectivity index (χ2n) is 5.00. The van der Waals surface area contributed by atoms with Crippen molar-refractivity contribution in [3.63, 3.8) is 0 Å². The number of rotatable bonds is 1. The van der Waals surface area contributed by atoms with E-state index in [4.69, 9.17) is 4.74 Å². The van der Waals surface area contributed by atoms with Gasteiger partial charge >= 0.3 is 0 Å². The normalized spacial score (nSPS) is 33.1. The Balaban J connectivity index is 1.99. The van der Waals surface area contributed by atoms with Crippen LogP contribution in [-0.2, 0) is 4.74 Å². The smallest absolute Gasteiger partial charge is 0.0633 e. The maximum atomic E-state index is 5.77. The van der Waals surface area contributed by atoms with Gasteiger partial charge < -0.3 is 4.74 Å². The minimum atomic E-state index is 0.128. The van der Waals surface area contributed by atoms with E-state index in [-0.39, 0.29) is 5.60 Å². The van der Waals surface area contributed by atoms with Crippen molar-refractivity contribution < 1.29 is 4.74 Å². The quantitative estimate of drug-likeness (QED) is 0.563. The van der Waals surface area contributed by atoms with Crippen LogP contribution in [0.5, 0.6) is 0 Å². The molecule has 74 valence electrons. The fourth-order valence-corrected chi connectivity index (χ4v) is 2.51. The van der Waals surface area contributed by atoms with Crippen molar-refractivity contribution in [3.05, 3.63) is 11.6 Å². The lowest BCUT2D eigenvalue weighted by molar-refractivity contribution is 0.0355. The van der Waals surface area contributed by atoms with Crippen LogP contribution in [0.2, 0.25) is 0 Å². The van der Waals surface area contributed by atoms with E-state index < -0.39 is 0 Å². The van der Waals surface area contributed by atoms with Gasteiger partial charge in [0.05, 0.1) is 12.2 Å². The fourth-order valence-electron chi connectivity index (χ4n) is 2.51. The number of hydrogen-bond acceptors (Lipinski definition) is 1. The van der Waals surface area contributed by atoms with Gasteiger partial charge in [0, 0.05) is 5.92 Å². The second-order valence-corrected chi connectivity index (χ2v) is 5.00. The van der Waals surface area contributed by atoms with Gasteiger partial charge in [-0.2, -0.15) is 0 Å². The SMILES string of the molecule is CC1(C)CC(C2=CCCCC2)CO1. The summed E-state index contributed by atoms with van der Waals surface area (Å²) in [6.07, 6.45) is 9.08. The summed E-state index contributed by atoms with van der Waals surface area (Å²) < 4.78 is 5.77. The molecule has 1 heterocycles. The van der Waals surface area contributed by atoms with Gasteiger partial charge in [0.2, 0.25) is 0 Å². The minimum absolute atomic E-state index is 0.128.